The van der Waals surface area contributed by atoms with Crippen molar-refractivity contribution in [3.63, 3.8) is 0 Å². The summed E-state index contributed by atoms with van der Waals surface area (Å²) in [5.41, 5.74) is 8.64. The minimum absolute atomic E-state index is 0.363. The number of likely N-dealkylation sites (N-methyl/N-ethyl adjacent to an activating group) is 1. The summed E-state index contributed by atoms with van der Waals surface area (Å²) in [6, 6.07) is 9.98. The van der Waals surface area contributed by atoms with Gasteiger partial charge in [-0.25, -0.2) is 4.79 Å². The molecule has 5 nitrogen and oxygen atoms in total. The summed E-state index contributed by atoms with van der Waals surface area (Å²) in [4.78, 5) is 18.3. The summed E-state index contributed by atoms with van der Waals surface area (Å²) in [5.74, 6) is -0.363. The number of hydrogen-bond donors (Lipinski definition) is 1. The van der Waals surface area contributed by atoms with Gasteiger partial charge in [0.15, 0.2) is 0 Å². The zero-order valence-corrected chi connectivity index (χ0v) is 15.6. The third kappa shape index (κ3) is 4.03. The van der Waals surface area contributed by atoms with E-state index >= 15 is 0 Å². The molecule has 0 amide bonds. The van der Waals surface area contributed by atoms with Gasteiger partial charge in [-0.05, 0) is 19.0 Å². The molecule has 134 valence electrons. The van der Waals surface area contributed by atoms with E-state index in [0.29, 0.717) is 10.6 Å². The molecule has 1 aromatic heterocycles. The highest BCUT2D eigenvalue weighted by molar-refractivity contribution is 7.17. The number of nitrogen functional groups attached to an aromatic ring is 1. The molecule has 0 unspecified atom stereocenters. The Labute approximate surface area is 153 Å². The van der Waals surface area contributed by atoms with Gasteiger partial charge in [0.25, 0.3) is 0 Å². The quantitative estimate of drug-likeness (QED) is 0.832. The Morgan fingerprint density at radius 2 is 1.88 bits per heavy atom. The molecular formula is C19H25N3O2S. The molecule has 1 aromatic carbocycles. The molecule has 0 spiro atoms. The SMILES string of the molecule is COC(=O)c1c(N)sc(CCN2CCN(C)CC2)c1-c1ccccc1. The number of carbonyl (C=O) groups excluding carboxylic acids is 1. The second-order valence-corrected chi connectivity index (χ2v) is 7.53. The molecule has 2 N–H and O–H groups in total. The molecule has 1 fully saturated rings. The molecule has 3 rings (SSSR count). The lowest BCUT2D eigenvalue weighted by Gasteiger charge is -2.32. The largest absolute Gasteiger partial charge is 0.465 e. The first-order valence-corrected chi connectivity index (χ1v) is 9.37. The average Bonchev–Trinajstić information content (AvgIpc) is 2.97. The van der Waals surface area contributed by atoms with Crippen molar-refractivity contribution in [3.8, 4) is 11.1 Å². The highest BCUT2D eigenvalue weighted by atomic mass is 32.1. The number of ether oxygens (including phenoxy) is 1. The van der Waals surface area contributed by atoms with E-state index in [0.717, 1.165) is 55.1 Å². The number of thiophene rings is 1. The number of piperazine rings is 1. The van der Waals surface area contributed by atoms with Crippen molar-refractivity contribution >= 4 is 22.3 Å². The summed E-state index contributed by atoms with van der Waals surface area (Å²) in [6.07, 6.45) is 0.889. The highest BCUT2D eigenvalue weighted by Gasteiger charge is 2.24. The average molecular weight is 359 g/mol. The molecule has 25 heavy (non-hydrogen) atoms. The van der Waals surface area contributed by atoms with Crippen molar-refractivity contribution in [2.24, 2.45) is 0 Å². The Morgan fingerprint density at radius 1 is 1.20 bits per heavy atom. The van der Waals surface area contributed by atoms with Gasteiger partial charge < -0.3 is 20.3 Å². The molecule has 2 heterocycles. The number of methoxy groups -OCH3 is 1. The first-order valence-electron chi connectivity index (χ1n) is 8.56. The fourth-order valence-corrected chi connectivity index (χ4v) is 4.29. The molecule has 1 aliphatic rings. The summed E-state index contributed by atoms with van der Waals surface area (Å²) < 4.78 is 4.97. The number of hydrogen-bond acceptors (Lipinski definition) is 6. The maximum atomic E-state index is 12.3. The van der Waals surface area contributed by atoms with Crippen LogP contribution < -0.4 is 5.73 Å². The standard InChI is InChI=1S/C19H25N3O2S/c1-21-10-12-22(13-11-21)9-8-15-16(14-6-4-3-5-7-14)17(18(20)25-15)19(23)24-2/h3-7H,8-13,20H2,1-2H3. The van der Waals surface area contributed by atoms with E-state index in [1.54, 1.807) is 0 Å². The molecule has 1 saturated heterocycles. The van der Waals surface area contributed by atoms with Crippen LogP contribution in [0.4, 0.5) is 5.00 Å². The van der Waals surface area contributed by atoms with Gasteiger partial charge in [-0.2, -0.15) is 0 Å². The molecular weight excluding hydrogens is 334 g/mol. The van der Waals surface area contributed by atoms with Crippen LogP contribution in [0.15, 0.2) is 30.3 Å². The van der Waals surface area contributed by atoms with Gasteiger partial charge in [0.05, 0.1) is 7.11 Å². The molecule has 0 saturated carbocycles. The third-order valence-corrected chi connectivity index (χ3v) is 5.79. The van der Waals surface area contributed by atoms with E-state index in [4.69, 9.17) is 10.5 Å². The fraction of sp³-hybridized carbons (Fsp3) is 0.421. The Balaban J connectivity index is 1.87. The van der Waals surface area contributed by atoms with Crippen molar-refractivity contribution < 1.29 is 9.53 Å². The third-order valence-electron chi connectivity index (χ3n) is 4.71. The minimum atomic E-state index is -0.363. The van der Waals surface area contributed by atoms with Gasteiger partial charge in [0, 0.05) is 43.2 Å². The molecule has 6 heteroatoms. The molecule has 0 aliphatic carbocycles. The number of nitrogens with two attached hydrogens (primary N) is 1. The Kier molecular flexibility index (Phi) is 5.73. The van der Waals surface area contributed by atoms with Crippen LogP contribution in [0.5, 0.6) is 0 Å². The Morgan fingerprint density at radius 3 is 2.52 bits per heavy atom. The highest BCUT2D eigenvalue weighted by Crippen LogP contribution is 2.39. The molecule has 0 bridgehead atoms. The summed E-state index contributed by atoms with van der Waals surface area (Å²) in [7, 11) is 3.56. The van der Waals surface area contributed by atoms with Crippen molar-refractivity contribution in [2.75, 3.05) is 52.6 Å². The summed E-state index contributed by atoms with van der Waals surface area (Å²) in [6.45, 7) is 5.36. The second kappa shape index (κ2) is 7.99. The number of anilines is 1. The first-order chi connectivity index (χ1) is 12.1. The van der Waals surface area contributed by atoms with Gasteiger partial charge in [-0.15, -0.1) is 11.3 Å². The van der Waals surface area contributed by atoms with Crippen LogP contribution in [0.2, 0.25) is 0 Å². The topological polar surface area (TPSA) is 58.8 Å². The van der Waals surface area contributed by atoms with E-state index in [1.165, 1.54) is 18.4 Å². The number of benzene rings is 1. The van der Waals surface area contributed by atoms with Crippen LogP contribution >= 0.6 is 11.3 Å². The van der Waals surface area contributed by atoms with Crippen LogP contribution in [0.3, 0.4) is 0 Å². The van der Waals surface area contributed by atoms with Gasteiger partial charge >= 0.3 is 5.97 Å². The number of carbonyl (C=O) groups is 1. The second-order valence-electron chi connectivity index (χ2n) is 6.39. The molecule has 0 atom stereocenters. The lowest BCUT2D eigenvalue weighted by molar-refractivity contribution is 0.0603. The van der Waals surface area contributed by atoms with Gasteiger partial charge in [-0.1, -0.05) is 30.3 Å². The van der Waals surface area contributed by atoms with Crippen molar-refractivity contribution in [1.29, 1.82) is 0 Å². The van der Waals surface area contributed by atoms with E-state index in [9.17, 15) is 4.79 Å². The zero-order chi connectivity index (χ0) is 17.8. The first kappa shape index (κ1) is 17.9. The number of nitrogens with zero attached hydrogens (tertiary/aromatic N) is 2. The monoisotopic (exact) mass is 359 g/mol. The van der Waals surface area contributed by atoms with Crippen molar-refractivity contribution in [1.82, 2.24) is 9.80 Å². The predicted molar refractivity (Wildman–Crippen MR) is 103 cm³/mol. The summed E-state index contributed by atoms with van der Waals surface area (Å²) >= 11 is 1.51. The van der Waals surface area contributed by atoms with Gasteiger partial charge in [0.1, 0.15) is 10.6 Å². The van der Waals surface area contributed by atoms with Crippen LogP contribution in [0.25, 0.3) is 11.1 Å². The van der Waals surface area contributed by atoms with Crippen LogP contribution in [-0.4, -0.2) is 62.7 Å². The van der Waals surface area contributed by atoms with E-state index in [-0.39, 0.29) is 5.97 Å². The van der Waals surface area contributed by atoms with E-state index in [1.807, 2.05) is 30.3 Å². The smallest absolute Gasteiger partial charge is 0.341 e. The fourth-order valence-electron chi connectivity index (χ4n) is 3.22. The Bertz CT molecular complexity index is 722. The predicted octanol–water partition coefficient (Wildman–Crippen LogP) is 2.57. The Hall–Kier alpha value is -1.89. The molecule has 2 aromatic rings. The van der Waals surface area contributed by atoms with Crippen LogP contribution in [0.1, 0.15) is 15.2 Å². The van der Waals surface area contributed by atoms with Crippen molar-refractivity contribution in [3.05, 3.63) is 40.8 Å². The van der Waals surface area contributed by atoms with E-state index < -0.39 is 0 Å². The van der Waals surface area contributed by atoms with Gasteiger partial charge in [-0.3, -0.25) is 0 Å². The minimum Gasteiger partial charge on any atom is -0.465 e. The number of esters is 1. The lowest BCUT2D eigenvalue weighted by Crippen LogP contribution is -2.45. The molecule has 1 aliphatic heterocycles. The van der Waals surface area contributed by atoms with E-state index in [2.05, 4.69) is 16.8 Å². The zero-order valence-electron chi connectivity index (χ0n) is 14.8. The van der Waals surface area contributed by atoms with Gasteiger partial charge in [0.2, 0.25) is 0 Å². The maximum Gasteiger partial charge on any atom is 0.341 e. The normalized spacial score (nSPS) is 16.1. The van der Waals surface area contributed by atoms with Crippen LogP contribution in [-0.2, 0) is 11.2 Å². The summed E-state index contributed by atoms with van der Waals surface area (Å²) in [5, 5.41) is 0.541. The lowest BCUT2D eigenvalue weighted by atomic mass is 10.00. The maximum absolute atomic E-state index is 12.3. The number of rotatable bonds is 5. The van der Waals surface area contributed by atoms with Crippen LogP contribution in [0, 0.1) is 0 Å². The van der Waals surface area contributed by atoms with Crippen molar-refractivity contribution in [2.45, 2.75) is 6.42 Å². The molecule has 0 radical (unpaired) electrons.